The van der Waals surface area contributed by atoms with E-state index in [-0.39, 0.29) is 6.61 Å². The number of para-hydroxylation sites is 1. The third-order valence-corrected chi connectivity index (χ3v) is 4.10. The number of aliphatic hydroxyl groups excluding tert-OH is 1. The van der Waals surface area contributed by atoms with Gasteiger partial charge >= 0.3 is 0 Å². The highest BCUT2D eigenvalue weighted by atomic mass is 16.3. The van der Waals surface area contributed by atoms with E-state index in [1.54, 1.807) is 0 Å². The molecule has 2 aliphatic rings. The van der Waals surface area contributed by atoms with Crippen LogP contribution in [0.2, 0.25) is 0 Å². The summed E-state index contributed by atoms with van der Waals surface area (Å²) < 4.78 is 0. The van der Waals surface area contributed by atoms with Gasteiger partial charge in [-0.2, -0.15) is 0 Å². The van der Waals surface area contributed by atoms with Crippen LogP contribution in [0.4, 0.5) is 17.1 Å². The van der Waals surface area contributed by atoms with Crippen LogP contribution in [-0.4, -0.2) is 29.8 Å². The Hall–Kier alpha value is -2.46. The SMILES string of the molecule is Cc1ccc2c(c1)N=C1CC(=N2)c2ccccc2N1CCO. The zero-order chi connectivity index (χ0) is 15.1. The average Bonchev–Trinajstić information content (AvgIpc) is 2.69. The molecule has 0 amide bonds. The van der Waals surface area contributed by atoms with Crippen LogP contribution in [0.25, 0.3) is 0 Å². The Morgan fingerprint density at radius 3 is 2.82 bits per heavy atom. The van der Waals surface area contributed by atoms with Crippen molar-refractivity contribution < 1.29 is 5.11 Å². The normalized spacial score (nSPS) is 15.5. The third-order valence-electron chi connectivity index (χ3n) is 4.10. The molecule has 0 aliphatic carbocycles. The van der Waals surface area contributed by atoms with E-state index in [2.05, 4.69) is 36.1 Å². The standard InChI is InChI=1S/C18H17N3O/c1-12-6-7-14-16(10-12)20-18-11-15(19-14)13-4-2-3-5-17(13)21(18)8-9-22/h2-7,10,22H,8-9,11H2,1H3. The fraction of sp³-hybridized carbons (Fsp3) is 0.222. The first-order chi connectivity index (χ1) is 10.8. The Balaban J connectivity index is 1.97. The number of benzene rings is 2. The van der Waals surface area contributed by atoms with Crippen LogP contribution in [0.5, 0.6) is 0 Å². The minimum Gasteiger partial charge on any atom is -0.395 e. The van der Waals surface area contributed by atoms with Gasteiger partial charge < -0.3 is 10.0 Å². The fourth-order valence-corrected chi connectivity index (χ4v) is 3.08. The lowest BCUT2D eigenvalue weighted by Crippen LogP contribution is -2.39. The van der Waals surface area contributed by atoms with Crippen LogP contribution in [0.15, 0.2) is 52.4 Å². The monoisotopic (exact) mass is 291 g/mol. The number of hydrogen-bond donors (Lipinski definition) is 1. The first-order valence-corrected chi connectivity index (χ1v) is 7.50. The van der Waals surface area contributed by atoms with Crippen LogP contribution >= 0.6 is 0 Å². The molecule has 0 fully saturated rings. The molecule has 22 heavy (non-hydrogen) atoms. The van der Waals surface area contributed by atoms with Gasteiger partial charge in [-0.15, -0.1) is 0 Å². The summed E-state index contributed by atoms with van der Waals surface area (Å²) in [6.45, 7) is 2.70. The summed E-state index contributed by atoms with van der Waals surface area (Å²) >= 11 is 0. The Bertz CT molecular complexity index is 808. The van der Waals surface area contributed by atoms with Gasteiger partial charge in [-0.05, 0) is 30.7 Å². The highest BCUT2D eigenvalue weighted by Crippen LogP contribution is 2.38. The van der Waals surface area contributed by atoms with Gasteiger partial charge in [-0.25, -0.2) is 4.99 Å². The summed E-state index contributed by atoms with van der Waals surface area (Å²) in [7, 11) is 0. The van der Waals surface area contributed by atoms with Gasteiger partial charge in [0.05, 0.1) is 29.4 Å². The first kappa shape index (κ1) is 13.2. The Morgan fingerprint density at radius 1 is 1.09 bits per heavy atom. The van der Waals surface area contributed by atoms with Crippen molar-refractivity contribution in [2.75, 3.05) is 18.1 Å². The van der Waals surface area contributed by atoms with E-state index in [0.717, 1.165) is 34.2 Å². The molecule has 1 N–H and O–H groups in total. The topological polar surface area (TPSA) is 48.2 Å². The van der Waals surface area contributed by atoms with E-state index < -0.39 is 0 Å². The molecule has 0 atom stereocenters. The molecule has 4 rings (SSSR count). The number of fused-ring (bicyclic) bond motifs is 5. The molecule has 0 saturated heterocycles. The zero-order valence-electron chi connectivity index (χ0n) is 12.5. The average molecular weight is 291 g/mol. The Kier molecular flexibility index (Phi) is 3.05. The van der Waals surface area contributed by atoms with Crippen LogP contribution in [0.1, 0.15) is 17.5 Å². The maximum atomic E-state index is 9.42. The fourth-order valence-electron chi connectivity index (χ4n) is 3.08. The lowest BCUT2D eigenvalue weighted by molar-refractivity contribution is 0.306. The van der Waals surface area contributed by atoms with E-state index in [1.807, 2.05) is 18.2 Å². The predicted molar refractivity (Wildman–Crippen MR) is 90.0 cm³/mol. The molecule has 2 bridgehead atoms. The molecule has 0 unspecified atom stereocenters. The molecule has 110 valence electrons. The zero-order valence-corrected chi connectivity index (χ0v) is 12.5. The van der Waals surface area contributed by atoms with Gasteiger partial charge in [0.25, 0.3) is 0 Å². The van der Waals surface area contributed by atoms with E-state index in [4.69, 9.17) is 9.98 Å². The highest BCUT2D eigenvalue weighted by molar-refractivity contribution is 6.25. The quantitative estimate of drug-likeness (QED) is 0.922. The van der Waals surface area contributed by atoms with Crippen molar-refractivity contribution in [2.45, 2.75) is 13.3 Å². The Labute approximate surface area is 129 Å². The maximum Gasteiger partial charge on any atom is 0.115 e. The van der Waals surface area contributed by atoms with Crippen molar-refractivity contribution in [2.24, 2.45) is 9.98 Å². The summed E-state index contributed by atoms with van der Waals surface area (Å²) in [5, 5.41) is 9.42. The second kappa shape index (κ2) is 5.07. The molecule has 0 aromatic heterocycles. The van der Waals surface area contributed by atoms with Gasteiger partial charge in [0.15, 0.2) is 0 Å². The van der Waals surface area contributed by atoms with Crippen LogP contribution < -0.4 is 4.90 Å². The largest absolute Gasteiger partial charge is 0.395 e. The van der Waals surface area contributed by atoms with Gasteiger partial charge in [0.2, 0.25) is 0 Å². The summed E-state index contributed by atoms with van der Waals surface area (Å²) in [5.74, 6) is 0.954. The molecule has 4 nitrogen and oxygen atoms in total. The molecular formula is C18H17N3O. The molecule has 0 saturated carbocycles. The van der Waals surface area contributed by atoms with Crippen molar-refractivity contribution in [1.29, 1.82) is 0 Å². The second-order valence-corrected chi connectivity index (χ2v) is 5.65. The van der Waals surface area contributed by atoms with Gasteiger partial charge in [-0.1, -0.05) is 24.3 Å². The van der Waals surface area contributed by atoms with Crippen molar-refractivity contribution in [3.63, 3.8) is 0 Å². The van der Waals surface area contributed by atoms with Crippen molar-refractivity contribution in [1.82, 2.24) is 0 Å². The van der Waals surface area contributed by atoms with Crippen LogP contribution in [-0.2, 0) is 0 Å². The molecule has 0 radical (unpaired) electrons. The number of rotatable bonds is 2. The van der Waals surface area contributed by atoms with Gasteiger partial charge in [0.1, 0.15) is 5.84 Å². The van der Waals surface area contributed by atoms with E-state index in [0.29, 0.717) is 13.0 Å². The maximum absolute atomic E-state index is 9.42. The molecule has 2 aromatic rings. The first-order valence-electron chi connectivity index (χ1n) is 7.50. The minimum atomic E-state index is 0.0977. The van der Waals surface area contributed by atoms with Crippen LogP contribution in [0.3, 0.4) is 0 Å². The lowest BCUT2D eigenvalue weighted by atomic mass is 9.98. The van der Waals surface area contributed by atoms with Crippen molar-refractivity contribution >= 4 is 28.6 Å². The summed E-state index contributed by atoms with van der Waals surface area (Å²) in [6, 6.07) is 14.4. The molecule has 0 spiro atoms. The number of anilines is 1. The molecule has 2 heterocycles. The van der Waals surface area contributed by atoms with Crippen molar-refractivity contribution in [3.8, 4) is 0 Å². The van der Waals surface area contributed by atoms with Gasteiger partial charge in [-0.3, -0.25) is 4.99 Å². The predicted octanol–water partition coefficient (Wildman–Crippen LogP) is 3.36. The van der Waals surface area contributed by atoms with E-state index in [9.17, 15) is 5.11 Å². The van der Waals surface area contributed by atoms with Crippen LogP contribution in [0, 0.1) is 6.92 Å². The smallest absolute Gasteiger partial charge is 0.115 e. The molecule has 2 aromatic carbocycles. The number of nitrogens with zero attached hydrogens (tertiary/aromatic N) is 3. The summed E-state index contributed by atoms with van der Waals surface area (Å²) in [6.07, 6.45) is 0.699. The van der Waals surface area contributed by atoms with Gasteiger partial charge in [0, 0.05) is 18.5 Å². The summed E-state index contributed by atoms with van der Waals surface area (Å²) in [5.41, 5.74) is 6.24. The highest BCUT2D eigenvalue weighted by Gasteiger charge is 2.28. The molecule has 2 aliphatic heterocycles. The number of aliphatic hydroxyl groups is 1. The van der Waals surface area contributed by atoms with E-state index in [1.165, 1.54) is 5.56 Å². The summed E-state index contributed by atoms with van der Waals surface area (Å²) in [4.78, 5) is 11.8. The Morgan fingerprint density at radius 2 is 1.95 bits per heavy atom. The number of hydrogen-bond acceptors (Lipinski definition) is 4. The number of β-amino-alcohol motifs (C(OH)–C–C–N with tert-alkyl or cyclic N) is 1. The number of amidine groups is 1. The second-order valence-electron chi connectivity index (χ2n) is 5.65. The number of aryl methyl sites for hydroxylation is 1. The van der Waals surface area contributed by atoms with Crippen molar-refractivity contribution in [3.05, 3.63) is 53.6 Å². The third kappa shape index (κ3) is 2.04. The minimum absolute atomic E-state index is 0.0977. The molecular weight excluding hydrogens is 274 g/mol. The number of aliphatic imine (C=N–C) groups is 2. The van der Waals surface area contributed by atoms with E-state index >= 15 is 0 Å². The molecule has 4 heteroatoms. The lowest BCUT2D eigenvalue weighted by Gasteiger charge is -2.32.